The van der Waals surface area contributed by atoms with Gasteiger partial charge in [-0.3, -0.25) is 9.59 Å². The molecule has 140 valence electrons. The second-order valence-corrected chi connectivity index (χ2v) is 7.45. The summed E-state index contributed by atoms with van der Waals surface area (Å²) in [5.74, 6) is -1.88. The highest BCUT2D eigenvalue weighted by atomic mass is 35.5. The first kappa shape index (κ1) is 17.7. The number of hydrogen-bond acceptors (Lipinski definition) is 5. The molecule has 2 fully saturated rings. The van der Waals surface area contributed by atoms with Gasteiger partial charge in [0.1, 0.15) is 5.75 Å². The third-order valence-electron chi connectivity index (χ3n) is 5.38. The van der Waals surface area contributed by atoms with Gasteiger partial charge in [0.15, 0.2) is 6.10 Å². The molecule has 1 saturated carbocycles. The number of ether oxygens (including phenoxy) is 1. The van der Waals surface area contributed by atoms with Crippen molar-refractivity contribution < 1.29 is 24.2 Å². The van der Waals surface area contributed by atoms with Gasteiger partial charge in [-0.25, -0.2) is 4.79 Å². The highest BCUT2D eigenvalue weighted by molar-refractivity contribution is 6.31. The molecule has 4 rings (SSSR count). The predicted octanol–water partition coefficient (Wildman–Crippen LogP) is 2.33. The number of aliphatic carboxylic acids is 1. The molecule has 2 aliphatic carbocycles. The maximum Gasteiger partial charge on any atom is 0.344 e. The molecule has 3 aliphatic rings. The molecule has 7 nitrogen and oxygen atoms in total. The Hall–Kier alpha value is -2.67. The van der Waals surface area contributed by atoms with Gasteiger partial charge in [0.2, 0.25) is 0 Å². The second-order valence-electron chi connectivity index (χ2n) is 7.01. The average molecular weight is 389 g/mol. The number of carbonyl (C=O) groups is 3. The molecule has 0 radical (unpaired) electrons. The Bertz CT molecular complexity index is 866. The number of hydrazone groups is 1. The van der Waals surface area contributed by atoms with Crippen LogP contribution in [0, 0.1) is 23.7 Å². The van der Waals surface area contributed by atoms with Gasteiger partial charge >= 0.3 is 5.97 Å². The molecule has 8 heteroatoms. The van der Waals surface area contributed by atoms with Crippen molar-refractivity contribution in [3.05, 3.63) is 40.9 Å². The van der Waals surface area contributed by atoms with Crippen LogP contribution in [0.5, 0.6) is 5.75 Å². The number of halogens is 1. The largest absolute Gasteiger partial charge is 0.479 e. The molecule has 1 heterocycles. The molecule has 1 N–H and O–H groups in total. The van der Waals surface area contributed by atoms with E-state index in [1.165, 1.54) is 25.3 Å². The quantitative estimate of drug-likeness (QED) is 0.474. The minimum atomic E-state index is -1.12. The van der Waals surface area contributed by atoms with Crippen molar-refractivity contribution in [3.8, 4) is 5.75 Å². The molecule has 27 heavy (non-hydrogen) atoms. The molecule has 0 spiro atoms. The summed E-state index contributed by atoms with van der Waals surface area (Å²) in [6, 6.07) is 4.62. The zero-order valence-corrected chi connectivity index (χ0v) is 15.2. The Labute approximate surface area is 160 Å². The number of fused-ring (bicyclic) bond motifs is 5. The third-order valence-corrected chi connectivity index (χ3v) is 5.62. The van der Waals surface area contributed by atoms with Crippen molar-refractivity contribution in [2.45, 2.75) is 19.4 Å². The van der Waals surface area contributed by atoms with E-state index < -0.39 is 12.1 Å². The van der Waals surface area contributed by atoms with Crippen molar-refractivity contribution in [1.29, 1.82) is 0 Å². The number of amides is 2. The maximum atomic E-state index is 12.6. The van der Waals surface area contributed by atoms with Gasteiger partial charge in [-0.2, -0.15) is 10.1 Å². The number of benzene rings is 1. The van der Waals surface area contributed by atoms with Gasteiger partial charge in [-0.15, -0.1) is 0 Å². The molecule has 1 aromatic carbocycles. The Morgan fingerprint density at radius 2 is 1.93 bits per heavy atom. The summed E-state index contributed by atoms with van der Waals surface area (Å²) in [6.07, 6.45) is 5.11. The van der Waals surface area contributed by atoms with Crippen LogP contribution in [0.2, 0.25) is 5.02 Å². The third kappa shape index (κ3) is 2.92. The smallest absolute Gasteiger partial charge is 0.344 e. The number of carbonyl (C=O) groups excluding carboxylic acids is 2. The van der Waals surface area contributed by atoms with E-state index in [0.29, 0.717) is 10.6 Å². The Morgan fingerprint density at radius 1 is 1.30 bits per heavy atom. The van der Waals surface area contributed by atoms with Crippen molar-refractivity contribution >= 4 is 35.6 Å². The van der Waals surface area contributed by atoms with E-state index in [0.717, 1.165) is 11.4 Å². The summed E-state index contributed by atoms with van der Waals surface area (Å²) < 4.78 is 5.40. The van der Waals surface area contributed by atoms with Crippen LogP contribution >= 0.6 is 11.6 Å². The standard InChI is InChI=1S/C19H17ClN2O5/c1-9(19(25)26)27-14-5-4-13(20)7-12(14)8-21-22-17(23)15-10-2-3-11(6-10)16(15)18(22)24/h2-5,7-11,15-16H,6H2,1H3,(H,25,26)/t9-,10-,11-,15-,16+/m0/s1. The monoisotopic (exact) mass is 388 g/mol. The van der Waals surface area contributed by atoms with Crippen LogP contribution in [-0.2, 0) is 14.4 Å². The number of carboxylic acids is 1. The van der Waals surface area contributed by atoms with E-state index in [9.17, 15) is 14.4 Å². The summed E-state index contributed by atoms with van der Waals surface area (Å²) in [5.41, 5.74) is 0.384. The number of allylic oxidation sites excluding steroid dienone is 2. The lowest BCUT2D eigenvalue weighted by molar-refractivity contribution is -0.144. The van der Waals surface area contributed by atoms with Gasteiger partial charge in [0, 0.05) is 10.6 Å². The molecular formula is C19H17ClN2O5. The molecule has 2 bridgehead atoms. The topological polar surface area (TPSA) is 96.3 Å². The zero-order chi connectivity index (χ0) is 19.3. The molecule has 0 unspecified atom stereocenters. The van der Waals surface area contributed by atoms with Crippen LogP contribution in [0.3, 0.4) is 0 Å². The van der Waals surface area contributed by atoms with Crippen LogP contribution in [0.25, 0.3) is 0 Å². The van der Waals surface area contributed by atoms with Gasteiger partial charge < -0.3 is 9.84 Å². The number of nitrogens with zero attached hydrogens (tertiary/aromatic N) is 2. The maximum absolute atomic E-state index is 12.6. The normalized spacial score (nSPS) is 29.6. The summed E-state index contributed by atoms with van der Waals surface area (Å²) in [6.45, 7) is 1.40. The van der Waals surface area contributed by atoms with E-state index in [-0.39, 0.29) is 41.2 Å². The first-order chi connectivity index (χ1) is 12.9. The molecular weight excluding hydrogens is 372 g/mol. The van der Waals surface area contributed by atoms with E-state index >= 15 is 0 Å². The summed E-state index contributed by atoms with van der Waals surface area (Å²) in [7, 11) is 0. The van der Waals surface area contributed by atoms with Crippen molar-refractivity contribution in [1.82, 2.24) is 5.01 Å². The molecule has 1 aromatic rings. The van der Waals surface area contributed by atoms with Gasteiger partial charge in [-0.05, 0) is 43.4 Å². The number of hydrogen-bond donors (Lipinski definition) is 1. The fourth-order valence-corrected chi connectivity index (χ4v) is 4.27. The minimum absolute atomic E-state index is 0.109. The van der Waals surface area contributed by atoms with E-state index in [1.807, 2.05) is 12.2 Å². The van der Waals surface area contributed by atoms with Gasteiger partial charge in [0.25, 0.3) is 11.8 Å². The zero-order valence-electron chi connectivity index (χ0n) is 14.4. The van der Waals surface area contributed by atoms with Crippen LogP contribution < -0.4 is 4.74 Å². The van der Waals surface area contributed by atoms with Crippen LogP contribution in [0.15, 0.2) is 35.5 Å². The number of imide groups is 1. The fourth-order valence-electron chi connectivity index (χ4n) is 4.09. The summed E-state index contributed by atoms with van der Waals surface area (Å²) in [5, 5.41) is 14.4. The predicted molar refractivity (Wildman–Crippen MR) is 96.3 cm³/mol. The lowest BCUT2D eigenvalue weighted by Gasteiger charge is -2.14. The molecule has 0 aromatic heterocycles. The fraction of sp³-hybridized carbons (Fsp3) is 0.368. The van der Waals surface area contributed by atoms with E-state index in [4.69, 9.17) is 21.4 Å². The summed E-state index contributed by atoms with van der Waals surface area (Å²) in [4.78, 5) is 36.3. The highest BCUT2D eigenvalue weighted by Gasteiger charge is 2.59. The first-order valence-electron chi connectivity index (χ1n) is 8.66. The minimum Gasteiger partial charge on any atom is -0.479 e. The van der Waals surface area contributed by atoms with Gasteiger partial charge in [-0.1, -0.05) is 23.8 Å². The lowest BCUT2D eigenvalue weighted by atomic mass is 9.85. The van der Waals surface area contributed by atoms with E-state index in [2.05, 4.69) is 5.10 Å². The van der Waals surface area contributed by atoms with Crippen LogP contribution in [0.4, 0.5) is 0 Å². The van der Waals surface area contributed by atoms with Crippen LogP contribution in [0.1, 0.15) is 18.9 Å². The molecule has 5 atom stereocenters. The SMILES string of the molecule is C[C@H](Oc1ccc(Cl)cc1C=NN1C(=O)[C@@H]2[C@H](C1=O)[C@H]1C=C[C@H]2C1)C(=O)O. The second kappa shape index (κ2) is 6.49. The Morgan fingerprint density at radius 3 is 2.52 bits per heavy atom. The Kier molecular flexibility index (Phi) is 4.26. The van der Waals surface area contributed by atoms with Gasteiger partial charge in [0.05, 0.1) is 18.1 Å². The number of rotatable bonds is 5. The molecule has 1 aliphatic heterocycles. The Balaban J connectivity index is 1.58. The number of carboxylic acid groups (broad SMARTS) is 1. The molecule has 1 saturated heterocycles. The average Bonchev–Trinajstić information content (AvgIpc) is 3.30. The highest BCUT2D eigenvalue weighted by Crippen LogP contribution is 2.52. The van der Waals surface area contributed by atoms with Crippen molar-refractivity contribution in [2.75, 3.05) is 0 Å². The van der Waals surface area contributed by atoms with E-state index in [1.54, 1.807) is 6.07 Å². The first-order valence-corrected chi connectivity index (χ1v) is 9.03. The van der Waals surface area contributed by atoms with Crippen molar-refractivity contribution in [2.24, 2.45) is 28.8 Å². The van der Waals surface area contributed by atoms with Crippen molar-refractivity contribution in [3.63, 3.8) is 0 Å². The van der Waals surface area contributed by atoms with Crippen LogP contribution in [-0.4, -0.2) is 40.2 Å². The lowest BCUT2D eigenvalue weighted by Crippen LogP contribution is -2.28. The molecule has 2 amide bonds. The summed E-state index contributed by atoms with van der Waals surface area (Å²) >= 11 is 6.00.